The van der Waals surface area contributed by atoms with E-state index in [0.29, 0.717) is 17.2 Å². The maximum Gasteiger partial charge on any atom is 0.159 e. The quantitative estimate of drug-likeness (QED) is 0.679. The summed E-state index contributed by atoms with van der Waals surface area (Å²) in [4.78, 5) is 19.8. The molecule has 0 atom stereocenters. The molecule has 0 aliphatic carbocycles. The van der Waals surface area contributed by atoms with E-state index in [1.807, 2.05) is 43.3 Å². The van der Waals surface area contributed by atoms with Crippen LogP contribution in [0.25, 0.3) is 0 Å². The Morgan fingerprint density at radius 1 is 0.875 bits per heavy atom. The SMILES string of the molecule is CC(=O)c1ccc(Nc2cc(Nc3cccc(C)c3)ncn2)cc1. The van der Waals surface area contributed by atoms with Gasteiger partial charge in [0, 0.05) is 23.0 Å². The van der Waals surface area contributed by atoms with Crippen molar-refractivity contribution in [2.75, 3.05) is 10.6 Å². The zero-order valence-electron chi connectivity index (χ0n) is 13.6. The normalized spacial score (nSPS) is 10.2. The van der Waals surface area contributed by atoms with Crippen LogP contribution in [0.15, 0.2) is 60.9 Å². The molecular formula is C19H18N4O. The van der Waals surface area contributed by atoms with Crippen LogP contribution in [0.4, 0.5) is 23.0 Å². The first-order valence-electron chi connectivity index (χ1n) is 7.64. The zero-order chi connectivity index (χ0) is 16.9. The molecule has 3 aromatic rings. The fraction of sp³-hybridized carbons (Fsp3) is 0.105. The molecular weight excluding hydrogens is 300 g/mol. The number of nitrogens with one attached hydrogen (secondary N) is 2. The average molecular weight is 318 g/mol. The van der Waals surface area contributed by atoms with Crippen LogP contribution in [0.3, 0.4) is 0 Å². The van der Waals surface area contributed by atoms with Gasteiger partial charge in [0.15, 0.2) is 5.78 Å². The fourth-order valence-corrected chi connectivity index (χ4v) is 2.30. The highest BCUT2D eigenvalue weighted by Gasteiger charge is 2.02. The number of anilines is 4. The van der Waals surface area contributed by atoms with E-state index in [-0.39, 0.29) is 5.78 Å². The molecule has 0 saturated carbocycles. The van der Waals surface area contributed by atoms with E-state index in [1.54, 1.807) is 19.1 Å². The number of rotatable bonds is 5. The minimum absolute atomic E-state index is 0.0493. The van der Waals surface area contributed by atoms with Crippen molar-refractivity contribution < 1.29 is 4.79 Å². The van der Waals surface area contributed by atoms with Gasteiger partial charge in [-0.3, -0.25) is 4.79 Å². The first-order valence-corrected chi connectivity index (χ1v) is 7.64. The molecule has 0 fully saturated rings. The fourth-order valence-electron chi connectivity index (χ4n) is 2.30. The lowest BCUT2D eigenvalue weighted by Gasteiger charge is -2.09. The molecule has 5 heteroatoms. The number of Topliss-reactive ketones (excluding diaryl/α,β-unsaturated/α-hetero) is 1. The third-order valence-electron chi connectivity index (χ3n) is 3.52. The van der Waals surface area contributed by atoms with Gasteiger partial charge >= 0.3 is 0 Å². The van der Waals surface area contributed by atoms with Crippen molar-refractivity contribution in [3.05, 3.63) is 72.1 Å². The van der Waals surface area contributed by atoms with E-state index >= 15 is 0 Å². The molecule has 24 heavy (non-hydrogen) atoms. The number of aromatic nitrogens is 2. The Kier molecular flexibility index (Phi) is 4.52. The van der Waals surface area contributed by atoms with E-state index in [2.05, 4.69) is 26.7 Å². The van der Waals surface area contributed by atoms with Gasteiger partial charge in [0.25, 0.3) is 0 Å². The summed E-state index contributed by atoms with van der Waals surface area (Å²) in [7, 11) is 0. The largest absolute Gasteiger partial charge is 0.340 e. The Labute approximate surface area is 140 Å². The lowest BCUT2D eigenvalue weighted by molar-refractivity contribution is 0.101. The van der Waals surface area contributed by atoms with Gasteiger partial charge in [-0.15, -0.1) is 0 Å². The summed E-state index contributed by atoms with van der Waals surface area (Å²) in [5.74, 6) is 1.43. The Bertz CT molecular complexity index is 859. The summed E-state index contributed by atoms with van der Waals surface area (Å²) in [5.41, 5.74) is 3.70. The summed E-state index contributed by atoms with van der Waals surface area (Å²) >= 11 is 0. The van der Waals surface area contributed by atoms with E-state index in [0.717, 1.165) is 11.4 Å². The summed E-state index contributed by atoms with van der Waals surface area (Å²) in [5, 5.41) is 6.46. The molecule has 2 aromatic carbocycles. The van der Waals surface area contributed by atoms with Gasteiger partial charge in [-0.25, -0.2) is 9.97 Å². The lowest BCUT2D eigenvalue weighted by atomic mass is 10.1. The number of hydrogen-bond acceptors (Lipinski definition) is 5. The number of carbonyl (C=O) groups is 1. The molecule has 3 rings (SSSR count). The summed E-state index contributed by atoms with van der Waals surface area (Å²) < 4.78 is 0. The van der Waals surface area contributed by atoms with E-state index in [9.17, 15) is 4.79 Å². The second kappa shape index (κ2) is 6.91. The van der Waals surface area contributed by atoms with Crippen LogP contribution < -0.4 is 10.6 Å². The average Bonchev–Trinajstić information content (AvgIpc) is 2.56. The highest BCUT2D eigenvalue weighted by molar-refractivity contribution is 5.94. The molecule has 2 N–H and O–H groups in total. The number of aryl methyl sites for hydroxylation is 1. The van der Waals surface area contributed by atoms with Crippen LogP contribution >= 0.6 is 0 Å². The van der Waals surface area contributed by atoms with Crippen LogP contribution in [0.5, 0.6) is 0 Å². The smallest absolute Gasteiger partial charge is 0.159 e. The zero-order valence-corrected chi connectivity index (χ0v) is 13.6. The molecule has 0 spiro atoms. The van der Waals surface area contributed by atoms with Crippen molar-refractivity contribution in [2.45, 2.75) is 13.8 Å². The minimum atomic E-state index is 0.0493. The van der Waals surface area contributed by atoms with Gasteiger partial charge in [0.1, 0.15) is 18.0 Å². The van der Waals surface area contributed by atoms with Crippen LogP contribution in [0.2, 0.25) is 0 Å². The highest BCUT2D eigenvalue weighted by Crippen LogP contribution is 2.20. The standard InChI is InChI=1S/C19H18N4O/c1-13-4-3-5-17(10-13)23-19-11-18(20-12-21-19)22-16-8-6-15(7-9-16)14(2)24/h3-12H,1-2H3,(H2,20,21,22,23). The van der Waals surface area contributed by atoms with Crippen molar-refractivity contribution in [1.82, 2.24) is 9.97 Å². The molecule has 1 heterocycles. The van der Waals surface area contributed by atoms with Crippen molar-refractivity contribution in [3.63, 3.8) is 0 Å². The number of nitrogens with zero attached hydrogens (tertiary/aromatic N) is 2. The number of ketones is 1. The lowest BCUT2D eigenvalue weighted by Crippen LogP contribution is -1.99. The molecule has 0 amide bonds. The van der Waals surface area contributed by atoms with Crippen LogP contribution in [-0.2, 0) is 0 Å². The van der Waals surface area contributed by atoms with Crippen molar-refractivity contribution in [2.24, 2.45) is 0 Å². The van der Waals surface area contributed by atoms with E-state index in [1.165, 1.54) is 11.9 Å². The number of benzene rings is 2. The van der Waals surface area contributed by atoms with Gasteiger partial charge in [-0.2, -0.15) is 0 Å². The highest BCUT2D eigenvalue weighted by atomic mass is 16.1. The van der Waals surface area contributed by atoms with Gasteiger partial charge in [0.2, 0.25) is 0 Å². The molecule has 0 unspecified atom stereocenters. The van der Waals surface area contributed by atoms with Crippen molar-refractivity contribution >= 4 is 28.8 Å². The van der Waals surface area contributed by atoms with Crippen molar-refractivity contribution in [1.29, 1.82) is 0 Å². The van der Waals surface area contributed by atoms with Crippen LogP contribution in [0.1, 0.15) is 22.8 Å². The van der Waals surface area contributed by atoms with Gasteiger partial charge in [0.05, 0.1) is 0 Å². The van der Waals surface area contributed by atoms with Gasteiger partial charge < -0.3 is 10.6 Å². The van der Waals surface area contributed by atoms with E-state index in [4.69, 9.17) is 0 Å². The minimum Gasteiger partial charge on any atom is -0.340 e. The maximum absolute atomic E-state index is 11.3. The van der Waals surface area contributed by atoms with Crippen molar-refractivity contribution in [3.8, 4) is 0 Å². The molecule has 120 valence electrons. The molecule has 0 radical (unpaired) electrons. The summed E-state index contributed by atoms with van der Waals surface area (Å²) in [6.07, 6.45) is 1.50. The Hall–Kier alpha value is -3.21. The third kappa shape index (κ3) is 3.95. The second-order valence-electron chi connectivity index (χ2n) is 5.54. The summed E-state index contributed by atoms with van der Waals surface area (Å²) in [6.45, 7) is 3.60. The maximum atomic E-state index is 11.3. The topological polar surface area (TPSA) is 66.9 Å². The molecule has 0 saturated heterocycles. The predicted molar refractivity (Wildman–Crippen MR) is 96.2 cm³/mol. The second-order valence-corrected chi connectivity index (χ2v) is 5.54. The molecule has 5 nitrogen and oxygen atoms in total. The van der Waals surface area contributed by atoms with Crippen LogP contribution in [-0.4, -0.2) is 15.8 Å². The first kappa shape index (κ1) is 15.7. The molecule has 0 aliphatic heterocycles. The Balaban J connectivity index is 1.74. The van der Waals surface area contributed by atoms with Crippen LogP contribution in [0, 0.1) is 6.92 Å². The third-order valence-corrected chi connectivity index (χ3v) is 3.52. The Morgan fingerprint density at radius 2 is 1.54 bits per heavy atom. The summed E-state index contributed by atoms with van der Waals surface area (Å²) in [6, 6.07) is 17.2. The van der Waals surface area contributed by atoms with E-state index < -0.39 is 0 Å². The molecule has 0 aliphatic rings. The first-order chi connectivity index (χ1) is 11.6. The predicted octanol–water partition coefficient (Wildman–Crippen LogP) is 4.47. The Morgan fingerprint density at radius 3 is 2.17 bits per heavy atom. The monoisotopic (exact) mass is 318 g/mol. The molecule has 1 aromatic heterocycles. The molecule has 0 bridgehead atoms. The number of carbonyl (C=O) groups excluding carboxylic acids is 1. The number of hydrogen-bond donors (Lipinski definition) is 2. The van der Waals surface area contributed by atoms with Gasteiger partial charge in [-0.1, -0.05) is 12.1 Å². The van der Waals surface area contributed by atoms with Gasteiger partial charge in [-0.05, 0) is 55.8 Å².